The first-order valence-electron chi connectivity index (χ1n) is 4.06. The van der Waals surface area contributed by atoms with Crippen molar-refractivity contribution in [3.63, 3.8) is 0 Å². The summed E-state index contributed by atoms with van der Waals surface area (Å²) in [5, 5.41) is 8.70. The van der Waals surface area contributed by atoms with Gasteiger partial charge in [0.2, 0.25) is 0 Å². The smallest absolute Gasteiger partial charge is 0.0558 e. The monoisotopic (exact) mass is 177 g/mol. The second kappa shape index (κ2) is 6.95. The van der Waals surface area contributed by atoms with Crippen LogP contribution in [0.15, 0.2) is 0 Å². The average Bonchev–Trinajstić information content (AvgIpc) is 2.00. The molecule has 11 heavy (non-hydrogen) atoms. The Morgan fingerprint density at radius 3 is 2.55 bits per heavy atom. The fourth-order valence-corrected chi connectivity index (χ4v) is 1.96. The quantitative estimate of drug-likeness (QED) is 0.656. The molecule has 0 heterocycles. The van der Waals surface area contributed by atoms with Crippen LogP contribution in [0.1, 0.15) is 13.3 Å². The number of nitrogens with zero attached hydrogens (tertiary/aromatic N) is 1. The predicted octanol–water partition coefficient (Wildman–Crippen LogP) is 1.05. The van der Waals surface area contributed by atoms with Crippen LogP contribution < -0.4 is 0 Å². The summed E-state index contributed by atoms with van der Waals surface area (Å²) in [4.78, 5) is 2.22. The minimum Gasteiger partial charge on any atom is -0.395 e. The Hall–Kier alpha value is 0.270. The first-order chi connectivity index (χ1) is 5.26. The molecule has 0 fully saturated rings. The molecule has 0 aromatic rings. The number of hydrogen-bond acceptors (Lipinski definition) is 3. The lowest BCUT2D eigenvalue weighted by molar-refractivity contribution is 0.187. The molecule has 0 amide bonds. The van der Waals surface area contributed by atoms with Gasteiger partial charge in [-0.15, -0.1) is 0 Å². The molecule has 0 spiro atoms. The molecule has 0 aromatic heterocycles. The molecule has 0 aliphatic rings. The van der Waals surface area contributed by atoms with Gasteiger partial charge in [-0.25, -0.2) is 0 Å². The van der Waals surface area contributed by atoms with Gasteiger partial charge in [0.1, 0.15) is 0 Å². The number of thioether (sulfide) groups is 1. The van der Waals surface area contributed by atoms with Crippen molar-refractivity contribution in [1.82, 2.24) is 4.90 Å². The average molecular weight is 177 g/mol. The van der Waals surface area contributed by atoms with Crippen LogP contribution in [-0.2, 0) is 0 Å². The summed E-state index contributed by atoms with van der Waals surface area (Å²) in [5.41, 5.74) is 0. The molecule has 1 atom stereocenters. The van der Waals surface area contributed by atoms with Gasteiger partial charge in [0.05, 0.1) is 6.61 Å². The molecule has 68 valence electrons. The van der Waals surface area contributed by atoms with Gasteiger partial charge in [-0.2, -0.15) is 11.8 Å². The van der Waals surface area contributed by atoms with E-state index in [0.29, 0.717) is 6.04 Å². The zero-order chi connectivity index (χ0) is 8.69. The summed E-state index contributed by atoms with van der Waals surface area (Å²) in [7, 11) is 2.07. The highest BCUT2D eigenvalue weighted by Crippen LogP contribution is 2.07. The summed E-state index contributed by atoms with van der Waals surface area (Å²) in [5.74, 6) is 1.16. The van der Waals surface area contributed by atoms with Crippen molar-refractivity contribution in [3.8, 4) is 0 Å². The van der Waals surface area contributed by atoms with E-state index in [2.05, 4.69) is 25.1 Å². The lowest BCUT2D eigenvalue weighted by Gasteiger charge is -2.25. The molecule has 0 radical (unpaired) electrons. The van der Waals surface area contributed by atoms with Crippen molar-refractivity contribution in [2.45, 2.75) is 19.4 Å². The zero-order valence-electron chi connectivity index (χ0n) is 7.71. The maximum absolute atomic E-state index is 8.70. The van der Waals surface area contributed by atoms with Crippen molar-refractivity contribution in [3.05, 3.63) is 0 Å². The van der Waals surface area contributed by atoms with E-state index >= 15 is 0 Å². The highest BCUT2D eigenvalue weighted by atomic mass is 32.2. The molecule has 0 aliphatic heterocycles. The van der Waals surface area contributed by atoms with Crippen molar-refractivity contribution in [2.24, 2.45) is 0 Å². The van der Waals surface area contributed by atoms with Gasteiger partial charge in [-0.3, -0.25) is 0 Å². The number of aliphatic hydroxyl groups is 1. The molecule has 1 unspecified atom stereocenters. The third-order valence-corrected chi connectivity index (χ3v) is 2.62. The molecule has 1 N–H and O–H groups in total. The summed E-state index contributed by atoms with van der Waals surface area (Å²) in [6.07, 6.45) is 3.28. The highest BCUT2D eigenvalue weighted by molar-refractivity contribution is 7.98. The van der Waals surface area contributed by atoms with Crippen LogP contribution in [0.2, 0.25) is 0 Å². The Bertz CT molecular complexity index is 90.2. The molecule has 2 nitrogen and oxygen atoms in total. The first kappa shape index (κ1) is 11.3. The van der Waals surface area contributed by atoms with Gasteiger partial charge in [-0.1, -0.05) is 6.92 Å². The lowest BCUT2D eigenvalue weighted by Crippen LogP contribution is -2.35. The van der Waals surface area contributed by atoms with Crippen molar-refractivity contribution >= 4 is 11.8 Å². The van der Waals surface area contributed by atoms with Gasteiger partial charge in [0.15, 0.2) is 0 Å². The number of rotatable bonds is 6. The van der Waals surface area contributed by atoms with Gasteiger partial charge in [0, 0.05) is 18.3 Å². The van der Waals surface area contributed by atoms with E-state index < -0.39 is 0 Å². The fraction of sp³-hybridized carbons (Fsp3) is 1.00. The Morgan fingerprint density at radius 1 is 1.55 bits per heavy atom. The summed E-state index contributed by atoms with van der Waals surface area (Å²) in [6.45, 7) is 3.25. The maximum atomic E-state index is 8.70. The zero-order valence-corrected chi connectivity index (χ0v) is 8.52. The standard InChI is InChI=1S/C8H19NOS/c1-4-8(7-11-3)9(2)5-6-10/h8,10H,4-7H2,1-3H3. The molecule has 0 aliphatic carbocycles. The lowest BCUT2D eigenvalue weighted by atomic mass is 10.2. The van der Waals surface area contributed by atoms with Crippen molar-refractivity contribution in [2.75, 3.05) is 32.2 Å². The van der Waals surface area contributed by atoms with Gasteiger partial charge in [-0.05, 0) is 19.7 Å². The van der Waals surface area contributed by atoms with Gasteiger partial charge in [0.25, 0.3) is 0 Å². The molecule has 0 saturated carbocycles. The van der Waals surface area contributed by atoms with Gasteiger partial charge >= 0.3 is 0 Å². The number of aliphatic hydroxyl groups excluding tert-OH is 1. The Kier molecular flexibility index (Phi) is 7.12. The number of hydrogen-bond donors (Lipinski definition) is 1. The summed E-state index contributed by atoms with van der Waals surface area (Å²) >= 11 is 1.87. The third-order valence-electron chi connectivity index (χ3n) is 1.91. The number of likely N-dealkylation sites (N-methyl/N-ethyl adjacent to an activating group) is 1. The van der Waals surface area contributed by atoms with Crippen LogP contribution in [0.4, 0.5) is 0 Å². The normalized spacial score (nSPS) is 13.9. The van der Waals surface area contributed by atoms with E-state index in [1.807, 2.05) is 11.8 Å². The topological polar surface area (TPSA) is 23.5 Å². The van der Waals surface area contributed by atoms with Crippen LogP contribution in [0.25, 0.3) is 0 Å². The van der Waals surface area contributed by atoms with Crippen LogP contribution in [0, 0.1) is 0 Å². The van der Waals surface area contributed by atoms with E-state index in [-0.39, 0.29) is 6.61 Å². The van der Waals surface area contributed by atoms with E-state index in [1.165, 1.54) is 0 Å². The predicted molar refractivity (Wildman–Crippen MR) is 52.2 cm³/mol. The van der Waals surface area contributed by atoms with Crippen LogP contribution >= 0.6 is 11.8 Å². The second-order valence-corrected chi connectivity index (χ2v) is 3.63. The Morgan fingerprint density at radius 2 is 2.18 bits per heavy atom. The minimum atomic E-state index is 0.265. The SMILES string of the molecule is CCC(CSC)N(C)CCO. The van der Waals surface area contributed by atoms with E-state index in [4.69, 9.17) is 5.11 Å². The molecular weight excluding hydrogens is 158 g/mol. The van der Waals surface area contributed by atoms with Crippen LogP contribution in [0.3, 0.4) is 0 Å². The maximum Gasteiger partial charge on any atom is 0.0558 e. The second-order valence-electron chi connectivity index (χ2n) is 2.72. The minimum absolute atomic E-state index is 0.265. The summed E-state index contributed by atoms with van der Waals surface area (Å²) in [6, 6.07) is 0.622. The van der Waals surface area contributed by atoms with Gasteiger partial charge < -0.3 is 10.0 Å². The largest absolute Gasteiger partial charge is 0.395 e. The highest BCUT2D eigenvalue weighted by Gasteiger charge is 2.10. The Balaban J connectivity index is 3.61. The first-order valence-corrected chi connectivity index (χ1v) is 5.45. The van der Waals surface area contributed by atoms with E-state index in [0.717, 1.165) is 18.7 Å². The summed E-state index contributed by atoms with van der Waals surface area (Å²) < 4.78 is 0. The van der Waals surface area contributed by atoms with Crippen LogP contribution in [0.5, 0.6) is 0 Å². The third kappa shape index (κ3) is 4.67. The van der Waals surface area contributed by atoms with Crippen LogP contribution in [-0.4, -0.2) is 48.3 Å². The molecular formula is C8H19NOS. The molecule has 0 bridgehead atoms. The van der Waals surface area contributed by atoms with E-state index in [1.54, 1.807) is 0 Å². The molecule has 0 rings (SSSR count). The molecule has 0 saturated heterocycles. The molecule has 3 heteroatoms. The van der Waals surface area contributed by atoms with Crippen molar-refractivity contribution in [1.29, 1.82) is 0 Å². The molecule has 0 aromatic carbocycles. The Labute approximate surface area is 74.0 Å². The van der Waals surface area contributed by atoms with E-state index in [9.17, 15) is 0 Å². The fourth-order valence-electron chi connectivity index (χ4n) is 1.09. The van der Waals surface area contributed by atoms with Crippen molar-refractivity contribution < 1.29 is 5.11 Å².